The van der Waals surface area contributed by atoms with Crippen LogP contribution in [0.5, 0.6) is 5.88 Å². The van der Waals surface area contributed by atoms with E-state index in [4.69, 9.17) is 4.74 Å². The minimum Gasteiger partial charge on any atom is -0.476 e. The molecule has 0 radical (unpaired) electrons. The number of carbonyl (C=O) groups is 1. The van der Waals surface area contributed by atoms with Crippen LogP contribution in [-0.2, 0) is 13.1 Å². The Labute approximate surface area is 145 Å². The highest BCUT2D eigenvalue weighted by Crippen LogP contribution is 2.25. The van der Waals surface area contributed by atoms with E-state index in [0.29, 0.717) is 31.3 Å². The Morgan fingerprint density at radius 1 is 1.36 bits per heavy atom. The lowest BCUT2D eigenvalue weighted by Crippen LogP contribution is -2.26. The number of nitrogens with one attached hydrogen (secondary N) is 1. The van der Waals surface area contributed by atoms with Gasteiger partial charge in [0, 0.05) is 24.0 Å². The second-order valence-corrected chi connectivity index (χ2v) is 6.34. The molecule has 0 saturated carbocycles. The van der Waals surface area contributed by atoms with Crippen LogP contribution >= 0.6 is 0 Å². The first-order chi connectivity index (χ1) is 12.1. The van der Waals surface area contributed by atoms with Gasteiger partial charge in [-0.3, -0.25) is 9.48 Å². The first kappa shape index (κ1) is 15.7. The van der Waals surface area contributed by atoms with Gasteiger partial charge in [0.1, 0.15) is 6.61 Å². The second kappa shape index (κ2) is 6.23. The average Bonchev–Trinajstić information content (AvgIpc) is 3.29. The predicted molar refractivity (Wildman–Crippen MR) is 93.9 cm³/mol. The van der Waals surface area contributed by atoms with Gasteiger partial charge in [-0.15, -0.1) is 0 Å². The number of aryl methyl sites for hydroxylation is 2. The standard InChI is InChI=1S/C18H21N5O2/c1-12-5-3-6-15-14(12)11-20-22(15)8-4-7-19-17(24)16-13(2)18-23(21-16)9-10-25-18/h3,5-6,11H,4,7-10H2,1-2H3,(H,19,24). The second-order valence-electron chi connectivity index (χ2n) is 6.34. The predicted octanol–water partition coefficient (Wildman–Crippen LogP) is 2.06. The third-order valence-electron chi connectivity index (χ3n) is 4.63. The molecule has 130 valence electrons. The molecular weight excluding hydrogens is 318 g/mol. The summed E-state index contributed by atoms with van der Waals surface area (Å²) in [6.45, 7) is 6.63. The maximum Gasteiger partial charge on any atom is 0.272 e. The first-order valence-electron chi connectivity index (χ1n) is 8.54. The number of rotatable bonds is 5. The molecule has 25 heavy (non-hydrogen) atoms. The molecule has 1 aliphatic rings. The van der Waals surface area contributed by atoms with Gasteiger partial charge in [0.25, 0.3) is 5.91 Å². The van der Waals surface area contributed by atoms with Crippen LogP contribution in [0.1, 0.15) is 28.0 Å². The highest BCUT2D eigenvalue weighted by atomic mass is 16.5. The number of amides is 1. The highest BCUT2D eigenvalue weighted by Gasteiger charge is 2.24. The van der Waals surface area contributed by atoms with Crippen molar-refractivity contribution < 1.29 is 9.53 Å². The SMILES string of the molecule is Cc1c(C(=O)NCCCn2ncc3c(C)cccc32)nn2c1OCC2. The molecule has 4 rings (SSSR count). The van der Waals surface area contributed by atoms with Crippen LogP contribution in [0.4, 0.5) is 0 Å². The van der Waals surface area contributed by atoms with Crippen molar-refractivity contribution in [3.8, 4) is 5.88 Å². The quantitative estimate of drug-likeness (QED) is 0.722. The van der Waals surface area contributed by atoms with Gasteiger partial charge in [-0.05, 0) is 31.9 Å². The molecule has 0 saturated heterocycles. The van der Waals surface area contributed by atoms with E-state index in [-0.39, 0.29) is 5.91 Å². The summed E-state index contributed by atoms with van der Waals surface area (Å²) in [6, 6.07) is 6.20. The fraction of sp³-hybridized carbons (Fsp3) is 0.389. The van der Waals surface area contributed by atoms with Gasteiger partial charge >= 0.3 is 0 Å². The molecule has 0 bridgehead atoms. The summed E-state index contributed by atoms with van der Waals surface area (Å²) in [5.74, 6) is 0.563. The normalized spacial score (nSPS) is 13.0. The summed E-state index contributed by atoms with van der Waals surface area (Å²) >= 11 is 0. The lowest BCUT2D eigenvalue weighted by atomic mass is 10.1. The Bertz CT molecular complexity index is 940. The van der Waals surface area contributed by atoms with E-state index in [9.17, 15) is 4.79 Å². The molecule has 3 aromatic rings. The van der Waals surface area contributed by atoms with Crippen molar-refractivity contribution in [1.29, 1.82) is 0 Å². The lowest BCUT2D eigenvalue weighted by molar-refractivity contribution is 0.0946. The Kier molecular flexibility index (Phi) is 3.91. The molecule has 0 aliphatic carbocycles. The van der Waals surface area contributed by atoms with Gasteiger partial charge < -0.3 is 10.1 Å². The van der Waals surface area contributed by atoms with Gasteiger partial charge in [0.15, 0.2) is 5.69 Å². The Hall–Kier alpha value is -2.83. The van der Waals surface area contributed by atoms with Crippen LogP contribution in [0.25, 0.3) is 10.9 Å². The van der Waals surface area contributed by atoms with E-state index < -0.39 is 0 Å². The fourth-order valence-corrected chi connectivity index (χ4v) is 3.26. The molecule has 7 nitrogen and oxygen atoms in total. The molecule has 3 heterocycles. The molecule has 1 N–H and O–H groups in total. The van der Waals surface area contributed by atoms with E-state index in [0.717, 1.165) is 24.0 Å². The summed E-state index contributed by atoms with van der Waals surface area (Å²) in [5, 5.41) is 12.9. The zero-order valence-corrected chi connectivity index (χ0v) is 14.5. The average molecular weight is 339 g/mol. The van der Waals surface area contributed by atoms with E-state index >= 15 is 0 Å². The summed E-state index contributed by atoms with van der Waals surface area (Å²) in [7, 11) is 0. The van der Waals surface area contributed by atoms with E-state index in [2.05, 4.69) is 34.6 Å². The van der Waals surface area contributed by atoms with Crippen molar-refractivity contribution in [3.63, 3.8) is 0 Å². The molecule has 0 fully saturated rings. The Morgan fingerprint density at radius 2 is 2.24 bits per heavy atom. The molecule has 0 atom stereocenters. The van der Waals surface area contributed by atoms with Crippen LogP contribution in [0.2, 0.25) is 0 Å². The molecule has 2 aromatic heterocycles. The number of nitrogens with zero attached hydrogens (tertiary/aromatic N) is 4. The largest absolute Gasteiger partial charge is 0.476 e. The Balaban J connectivity index is 1.35. The van der Waals surface area contributed by atoms with Crippen molar-refractivity contribution in [1.82, 2.24) is 24.9 Å². The maximum atomic E-state index is 12.3. The molecule has 7 heteroatoms. The van der Waals surface area contributed by atoms with Crippen molar-refractivity contribution in [2.24, 2.45) is 0 Å². The fourth-order valence-electron chi connectivity index (χ4n) is 3.26. The van der Waals surface area contributed by atoms with Crippen LogP contribution in [-0.4, -0.2) is 38.6 Å². The zero-order valence-electron chi connectivity index (χ0n) is 14.5. The van der Waals surface area contributed by atoms with Gasteiger partial charge in [-0.2, -0.15) is 10.2 Å². The Morgan fingerprint density at radius 3 is 3.08 bits per heavy atom. The number of hydrogen-bond donors (Lipinski definition) is 1. The van der Waals surface area contributed by atoms with E-state index in [1.807, 2.05) is 23.9 Å². The third-order valence-corrected chi connectivity index (χ3v) is 4.63. The number of hydrogen-bond acceptors (Lipinski definition) is 4. The van der Waals surface area contributed by atoms with Gasteiger partial charge in [0.05, 0.1) is 18.3 Å². The minimum atomic E-state index is -0.149. The number of ether oxygens (including phenoxy) is 1. The van der Waals surface area contributed by atoms with Crippen LogP contribution in [0.3, 0.4) is 0 Å². The molecule has 0 unspecified atom stereocenters. The highest BCUT2D eigenvalue weighted by molar-refractivity contribution is 5.94. The smallest absolute Gasteiger partial charge is 0.272 e. The number of carbonyl (C=O) groups excluding carboxylic acids is 1. The van der Waals surface area contributed by atoms with Crippen LogP contribution in [0, 0.1) is 13.8 Å². The number of aromatic nitrogens is 4. The maximum absolute atomic E-state index is 12.3. The third kappa shape index (κ3) is 2.75. The van der Waals surface area contributed by atoms with Crippen molar-refractivity contribution in [2.45, 2.75) is 33.4 Å². The van der Waals surface area contributed by atoms with Crippen LogP contribution in [0.15, 0.2) is 24.4 Å². The summed E-state index contributed by atoms with van der Waals surface area (Å²) in [6.07, 6.45) is 2.71. The summed E-state index contributed by atoms with van der Waals surface area (Å²) in [4.78, 5) is 12.3. The topological polar surface area (TPSA) is 74.0 Å². The zero-order chi connectivity index (χ0) is 17.4. The number of benzene rings is 1. The van der Waals surface area contributed by atoms with Crippen molar-refractivity contribution in [3.05, 3.63) is 41.2 Å². The molecule has 1 aromatic carbocycles. The van der Waals surface area contributed by atoms with E-state index in [1.165, 1.54) is 10.9 Å². The van der Waals surface area contributed by atoms with Gasteiger partial charge in [-0.25, -0.2) is 4.68 Å². The van der Waals surface area contributed by atoms with Gasteiger partial charge in [-0.1, -0.05) is 12.1 Å². The van der Waals surface area contributed by atoms with Gasteiger partial charge in [0.2, 0.25) is 5.88 Å². The monoisotopic (exact) mass is 339 g/mol. The molecule has 1 amide bonds. The minimum absolute atomic E-state index is 0.149. The molecule has 0 spiro atoms. The first-order valence-corrected chi connectivity index (χ1v) is 8.54. The molecular formula is C18H21N5O2. The lowest BCUT2D eigenvalue weighted by Gasteiger charge is -2.06. The van der Waals surface area contributed by atoms with E-state index in [1.54, 1.807) is 4.68 Å². The number of fused-ring (bicyclic) bond motifs is 2. The summed E-state index contributed by atoms with van der Waals surface area (Å²) in [5.41, 5.74) is 3.62. The molecule has 1 aliphatic heterocycles. The van der Waals surface area contributed by atoms with Crippen molar-refractivity contribution >= 4 is 16.8 Å². The van der Waals surface area contributed by atoms with Crippen LogP contribution < -0.4 is 10.1 Å². The van der Waals surface area contributed by atoms with Crippen molar-refractivity contribution in [2.75, 3.05) is 13.2 Å². The summed E-state index contributed by atoms with van der Waals surface area (Å²) < 4.78 is 9.23.